The molecule has 2 aromatic rings. The quantitative estimate of drug-likeness (QED) is 0.845. The number of pyridine rings is 1. The van der Waals surface area contributed by atoms with Crippen molar-refractivity contribution in [3.05, 3.63) is 52.1 Å². The number of amides is 1. The van der Waals surface area contributed by atoms with Crippen molar-refractivity contribution in [2.45, 2.75) is 19.8 Å². The van der Waals surface area contributed by atoms with Crippen LogP contribution < -0.4 is 10.2 Å². The van der Waals surface area contributed by atoms with Crippen molar-refractivity contribution in [3.8, 4) is 0 Å². The molecule has 0 unspecified atom stereocenters. The minimum absolute atomic E-state index is 0.263. The lowest BCUT2D eigenvalue weighted by molar-refractivity contribution is 0.102. The highest BCUT2D eigenvalue weighted by Gasteiger charge is 2.16. The Labute approximate surface area is 151 Å². The van der Waals surface area contributed by atoms with Crippen LogP contribution in [-0.2, 0) is 0 Å². The van der Waals surface area contributed by atoms with Crippen LogP contribution in [0.4, 0.5) is 11.5 Å². The van der Waals surface area contributed by atoms with Gasteiger partial charge in [0.25, 0.3) is 5.91 Å². The van der Waals surface area contributed by atoms with E-state index in [1.807, 2.05) is 12.1 Å². The van der Waals surface area contributed by atoms with Gasteiger partial charge in [-0.1, -0.05) is 30.1 Å². The maximum atomic E-state index is 12.2. The summed E-state index contributed by atoms with van der Waals surface area (Å²) in [6.07, 6.45) is 4.21. The molecule has 1 fully saturated rings. The summed E-state index contributed by atoms with van der Waals surface area (Å²) in [6.45, 7) is 4.40. The van der Waals surface area contributed by atoms with Crippen LogP contribution in [0.1, 0.15) is 30.1 Å². The number of anilines is 2. The molecule has 126 valence electrons. The number of rotatable bonds is 3. The molecule has 1 aromatic carbocycles. The largest absolute Gasteiger partial charge is 0.370 e. The second-order valence-electron chi connectivity index (χ2n) is 6.15. The Bertz CT molecular complexity index is 726. The van der Waals surface area contributed by atoms with Crippen molar-refractivity contribution >= 4 is 40.6 Å². The van der Waals surface area contributed by atoms with Gasteiger partial charge in [0.1, 0.15) is 5.82 Å². The molecule has 0 spiro atoms. The molecule has 1 N–H and O–H groups in total. The van der Waals surface area contributed by atoms with E-state index in [1.54, 1.807) is 24.4 Å². The fourth-order valence-corrected chi connectivity index (χ4v) is 3.04. The lowest BCUT2D eigenvalue weighted by Gasteiger charge is -2.31. The van der Waals surface area contributed by atoms with Crippen LogP contribution in [0.25, 0.3) is 0 Å². The third-order valence-corrected chi connectivity index (χ3v) is 5.06. The average Bonchev–Trinajstić information content (AvgIpc) is 2.59. The molecule has 0 bridgehead atoms. The summed E-state index contributed by atoms with van der Waals surface area (Å²) in [5.74, 6) is 1.04. The normalized spacial score (nSPS) is 15.4. The van der Waals surface area contributed by atoms with Gasteiger partial charge in [-0.05, 0) is 49.1 Å². The van der Waals surface area contributed by atoms with Crippen molar-refractivity contribution in [2.75, 3.05) is 23.3 Å². The molecule has 1 amide bonds. The van der Waals surface area contributed by atoms with Gasteiger partial charge >= 0.3 is 0 Å². The molecule has 0 atom stereocenters. The van der Waals surface area contributed by atoms with E-state index in [9.17, 15) is 4.79 Å². The van der Waals surface area contributed by atoms with E-state index in [0.29, 0.717) is 21.4 Å². The van der Waals surface area contributed by atoms with Gasteiger partial charge in [-0.15, -0.1) is 0 Å². The molecule has 1 aliphatic rings. The highest BCUT2D eigenvalue weighted by molar-refractivity contribution is 6.42. The molecular weight excluding hydrogens is 345 g/mol. The summed E-state index contributed by atoms with van der Waals surface area (Å²) >= 11 is 11.8. The fraction of sp³-hybridized carbons (Fsp3) is 0.333. The number of piperidine rings is 1. The number of nitrogens with one attached hydrogen (secondary N) is 1. The monoisotopic (exact) mass is 363 g/mol. The van der Waals surface area contributed by atoms with E-state index >= 15 is 0 Å². The van der Waals surface area contributed by atoms with Gasteiger partial charge in [0.2, 0.25) is 0 Å². The number of nitrogens with zero attached hydrogens (tertiary/aromatic N) is 2. The Balaban J connectivity index is 1.65. The summed E-state index contributed by atoms with van der Waals surface area (Å²) < 4.78 is 0. The molecule has 6 heteroatoms. The summed E-state index contributed by atoms with van der Waals surface area (Å²) in [5, 5.41) is 3.55. The van der Waals surface area contributed by atoms with Crippen LogP contribution in [0.2, 0.25) is 10.0 Å². The minimum atomic E-state index is -0.263. The zero-order valence-electron chi connectivity index (χ0n) is 13.4. The molecule has 0 radical (unpaired) electrons. The smallest absolute Gasteiger partial charge is 0.256 e. The zero-order chi connectivity index (χ0) is 17.1. The first-order valence-electron chi connectivity index (χ1n) is 8.00. The number of carbonyl (C=O) groups excluding carboxylic acids is 1. The van der Waals surface area contributed by atoms with Crippen molar-refractivity contribution in [1.82, 2.24) is 4.98 Å². The second-order valence-corrected chi connectivity index (χ2v) is 6.97. The molecular formula is C18H19Cl2N3O. The van der Waals surface area contributed by atoms with Gasteiger partial charge in [-0.2, -0.15) is 0 Å². The topological polar surface area (TPSA) is 45.2 Å². The van der Waals surface area contributed by atoms with Gasteiger partial charge in [-0.25, -0.2) is 4.98 Å². The molecule has 4 nitrogen and oxygen atoms in total. The van der Waals surface area contributed by atoms with Gasteiger partial charge < -0.3 is 10.2 Å². The van der Waals surface area contributed by atoms with Gasteiger partial charge in [-0.3, -0.25) is 4.79 Å². The Hall–Kier alpha value is -1.78. The van der Waals surface area contributed by atoms with E-state index in [4.69, 9.17) is 23.2 Å². The third-order valence-electron chi connectivity index (χ3n) is 4.32. The lowest BCUT2D eigenvalue weighted by Crippen LogP contribution is -2.32. The second kappa shape index (κ2) is 7.41. The number of halogens is 2. The van der Waals surface area contributed by atoms with Crippen LogP contribution in [-0.4, -0.2) is 24.0 Å². The number of hydrogen-bond acceptors (Lipinski definition) is 3. The number of carbonyl (C=O) groups is 1. The Morgan fingerprint density at radius 1 is 1.17 bits per heavy atom. The van der Waals surface area contributed by atoms with Crippen LogP contribution >= 0.6 is 23.2 Å². The maximum Gasteiger partial charge on any atom is 0.256 e. The molecule has 0 aliphatic carbocycles. The van der Waals surface area contributed by atoms with Gasteiger partial charge in [0, 0.05) is 18.7 Å². The van der Waals surface area contributed by atoms with Crippen molar-refractivity contribution in [3.63, 3.8) is 0 Å². The van der Waals surface area contributed by atoms with E-state index in [0.717, 1.165) is 24.7 Å². The first-order chi connectivity index (χ1) is 11.5. The molecule has 1 saturated heterocycles. The highest BCUT2D eigenvalue weighted by Crippen LogP contribution is 2.24. The van der Waals surface area contributed by atoms with E-state index in [2.05, 4.69) is 22.1 Å². The van der Waals surface area contributed by atoms with Crippen LogP contribution in [0.5, 0.6) is 0 Å². The summed E-state index contributed by atoms with van der Waals surface area (Å²) in [5.41, 5.74) is 1.54. The SMILES string of the molecule is CC1CCN(c2ccc(NC(=O)c3ccc(Cl)c(Cl)c3)nc2)CC1. The molecule has 1 aromatic heterocycles. The Morgan fingerprint density at radius 3 is 2.54 bits per heavy atom. The average molecular weight is 364 g/mol. The Morgan fingerprint density at radius 2 is 1.92 bits per heavy atom. The molecule has 1 aliphatic heterocycles. The standard InChI is InChI=1S/C18H19Cl2N3O/c1-12-6-8-23(9-7-12)14-3-5-17(21-11-14)22-18(24)13-2-4-15(19)16(20)10-13/h2-5,10-12H,6-9H2,1H3,(H,21,22,24). The van der Waals surface area contributed by atoms with E-state index < -0.39 is 0 Å². The third kappa shape index (κ3) is 4.00. The summed E-state index contributed by atoms with van der Waals surface area (Å²) in [7, 11) is 0. The van der Waals surface area contributed by atoms with Crippen molar-refractivity contribution < 1.29 is 4.79 Å². The first-order valence-corrected chi connectivity index (χ1v) is 8.76. The lowest BCUT2D eigenvalue weighted by atomic mass is 9.99. The number of hydrogen-bond donors (Lipinski definition) is 1. The molecule has 24 heavy (non-hydrogen) atoms. The zero-order valence-corrected chi connectivity index (χ0v) is 14.9. The fourth-order valence-electron chi connectivity index (χ4n) is 2.74. The van der Waals surface area contributed by atoms with E-state index in [-0.39, 0.29) is 5.91 Å². The molecule has 0 saturated carbocycles. The van der Waals surface area contributed by atoms with Gasteiger partial charge in [0.15, 0.2) is 0 Å². The summed E-state index contributed by atoms with van der Waals surface area (Å²) in [4.78, 5) is 18.9. The first kappa shape index (κ1) is 17.1. The van der Waals surface area contributed by atoms with Crippen LogP contribution in [0.3, 0.4) is 0 Å². The van der Waals surface area contributed by atoms with Crippen molar-refractivity contribution in [2.24, 2.45) is 5.92 Å². The van der Waals surface area contributed by atoms with Gasteiger partial charge in [0.05, 0.1) is 21.9 Å². The molecule has 2 heterocycles. The minimum Gasteiger partial charge on any atom is -0.370 e. The van der Waals surface area contributed by atoms with Crippen LogP contribution in [0.15, 0.2) is 36.5 Å². The predicted octanol–water partition coefficient (Wildman–Crippen LogP) is 4.88. The predicted molar refractivity (Wildman–Crippen MR) is 99.3 cm³/mol. The number of benzene rings is 1. The maximum absolute atomic E-state index is 12.2. The number of aromatic nitrogens is 1. The van der Waals surface area contributed by atoms with Crippen LogP contribution in [0, 0.1) is 5.92 Å². The molecule has 3 rings (SSSR count). The van der Waals surface area contributed by atoms with Crippen molar-refractivity contribution in [1.29, 1.82) is 0 Å². The summed E-state index contributed by atoms with van der Waals surface area (Å²) in [6, 6.07) is 8.60. The Kier molecular flexibility index (Phi) is 5.27. The highest BCUT2D eigenvalue weighted by atomic mass is 35.5. The van der Waals surface area contributed by atoms with E-state index in [1.165, 1.54) is 12.8 Å².